The SMILES string of the molecule is COc1cc(C=NC2(N=Cc3cc(OC)c(OC)cc3[N+](=O)[O-])C=CC(C=Cc3ccccc3)=CC2)c([N+](=O)[O-])cc1OC. The zero-order chi connectivity index (χ0) is 31.7. The lowest BCUT2D eigenvalue weighted by Crippen LogP contribution is -2.23. The van der Waals surface area contributed by atoms with Gasteiger partial charge in [0.1, 0.15) is 0 Å². The molecule has 12 heteroatoms. The minimum absolute atomic E-state index is 0.159. The molecule has 1 aliphatic carbocycles. The third-order valence-electron chi connectivity index (χ3n) is 6.76. The molecule has 0 bridgehead atoms. The van der Waals surface area contributed by atoms with Gasteiger partial charge in [0.25, 0.3) is 11.4 Å². The van der Waals surface area contributed by atoms with Gasteiger partial charge in [0, 0.05) is 18.9 Å². The van der Waals surface area contributed by atoms with Gasteiger partial charge in [-0.3, -0.25) is 30.2 Å². The summed E-state index contributed by atoms with van der Waals surface area (Å²) < 4.78 is 21.1. The normalized spacial score (nSPS) is 16.3. The van der Waals surface area contributed by atoms with Crippen molar-refractivity contribution < 1.29 is 28.8 Å². The lowest BCUT2D eigenvalue weighted by atomic mass is 9.96. The van der Waals surface area contributed by atoms with Crippen molar-refractivity contribution in [1.82, 2.24) is 0 Å². The first-order chi connectivity index (χ1) is 21.2. The molecule has 0 spiro atoms. The first-order valence-corrected chi connectivity index (χ1v) is 13.3. The van der Waals surface area contributed by atoms with Crippen LogP contribution in [0.4, 0.5) is 11.4 Å². The van der Waals surface area contributed by atoms with E-state index in [1.165, 1.54) is 65.1 Å². The molecule has 1 aliphatic rings. The fraction of sp³-hybridized carbons (Fsp3) is 0.188. The highest BCUT2D eigenvalue weighted by Crippen LogP contribution is 2.36. The summed E-state index contributed by atoms with van der Waals surface area (Å²) in [4.78, 5) is 32.0. The average Bonchev–Trinajstić information content (AvgIpc) is 3.05. The van der Waals surface area contributed by atoms with Crippen LogP contribution in [0.25, 0.3) is 6.08 Å². The second kappa shape index (κ2) is 13.9. The van der Waals surface area contributed by atoms with Gasteiger partial charge in [-0.1, -0.05) is 54.6 Å². The summed E-state index contributed by atoms with van der Waals surface area (Å²) in [5, 5.41) is 23.8. The maximum absolute atomic E-state index is 11.9. The summed E-state index contributed by atoms with van der Waals surface area (Å²) in [6, 6.07) is 15.2. The number of nitrogens with zero attached hydrogens (tertiary/aromatic N) is 4. The summed E-state index contributed by atoms with van der Waals surface area (Å²) in [5.74, 6) is 0.955. The predicted octanol–water partition coefficient (Wildman–Crippen LogP) is 6.37. The zero-order valence-electron chi connectivity index (χ0n) is 24.5. The number of benzene rings is 3. The van der Waals surface area contributed by atoms with E-state index in [2.05, 4.69) is 9.98 Å². The Bertz CT molecular complexity index is 1610. The summed E-state index contributed by atoms with van der Waals surface area (Å²) in [6.45, 7) is 0. The number of allylic oxidation sites excluding steroid dienone is 3. The van der Waals surface area contributed by atoms with Crippen molar-refractivity contribution in [3.8, 4) is 23.0 Å². The Kier molecular flexibility index (Phi) is 9.86. The number of rotatable bonds is 12. The topological polar surface area (TPSA) is 148 Å². The maximum atomic E-state index is 11.9. The number of nitro groups is 2. The van der Waals surface area contributed by atoms with E-state index >= 15 is 0 Å². The number of methoxy groups -OCH3 is 4. The molecule has 3 aromatic carbocycles. The number of aliphatic imine (C=N–C) groups is 2. The van der Waals surface area contributed by atoms with E-state index in [-0.39, 0.29) is 51.9 Å². The third-order valence-corrected chi connectivity index (χ3v) is 6.76. The van der Waals surface area contributed by atoms with Crippen molar-refractivity contribution in [3.63, 3.8) is 0 Å². The van der Waals surface area contributed by atoms with E-state index in [9.17, 15) is 20.2 Å². The number of hydrogen-bond acceptors (Lipinski definition) is 10. The van der Waals surface area contributed by atoms with E-state index < -0.39 is 15.5 Å². The van der Waals surface area contributed by atoms with Crippen LogP contribution in [-0.2, 0) is 0 Å². The summed E-state index contributed by atoms with van der Waals surface area (Å²) in [6.07, 6.45) is 12.3. The van der Waals surface area contributed by atoms with Crippen LogP contribution in [-0.4, -0.2) is 56.4 Å². The molecule has 0 radical (unpaired) electrons. The van der Waals surface area contributed by atoms with Gasteiger partial charge < -0.3 is 18.9 Å². The second-order valence-electron chi connectivity index (χ2n) is 9.43. The molecule has 3 aromatic rings. The van der Waals surface area contributed by atoms with Gasteiger partial charge in [-0.15, -0.1) is 0 Å². The Morgan fingerprint density at radius 1 is 0.727 bits per heavy atom. The van der Waals surface area contributed by atoms with Crippen LogP contribution in [0.1, 0.15) is 23.1 Å². The Labute approximate surface area is 253 Å². The van der Waals surface area contributed by atoms with Crippen molar-refractivity contribution in [3.05, 3.63) is 121 Å². The summed E-state index contributed by atoms with van der Waals surface area (Å²) in [7, 11) is 5.61. The Morgan fingerprint density at radius 2 is 1.20 bits per heavy atom. The number of ether oxygens (including phenoxy) is 4. The molecule has 0 unspecified atom stereocenters. The van der Waals surface area contributed by atoms with Gasteiger partial charge in [0.2, 0.25) is 0 Å². The predicted molar refractivity (Wildman–Crippen MR) is 168 cm³/mol. The third kappa shape index (κ3) is 7.16. The molecule has 0 atom stereocenters. The molecule has 0 saturated carbocycles. The highest BCUT2D eigenvalue weighted by Gasteiger charge is 2.28. The lowest BCUT2D eigenvalue weighted by Gasteiger charge is -2.24. The molecule has 226 valence electrons. The van der Waals surface area contributed by atoms with E-state index in [4.69, 9.17) is 18.9 Å². The molecule has 0 aromatic heterocycles. The van der Waals surface area contributed by atoms with Crippen molar-refractivity contribution in [2.24, 2.45) is 9.98 Å². The van der Waals surface area contributed by atoms with Crippen LogP contribution >= 0.6 is 0 Å². The highest BCUT2D eigenvalue weighted by atomic mass is 16.6. The van der Waals surface area contributed by atoms with Crippen LogP contribution in [0.3, 0.4) is 0 Å². The lowest BCUT2D eigenvalue weighted by molar-refractivity contribution is -0.385. The smallest absolute Gasteiger partial charge is 0.282 e. The van der Waals surface area contributed by atoms with Crippen LogP contribution in [0.15, 0.2) is 94.5 Å². The first kappa shape index (κ1) is 31.2. The first-order valence-electron chi connectivity index (χ1n) is 13.3. The van der Waals surface area contributed by atoms with Gasteiger partial charge in [0.15, 0.2) is 28.7 Å². The molecule has 0 saturated heterocycles. The minimum atomic E-state index is -1.29. The summed E-state index contributed by atoms with van der Waals surface area (Å²) >= 11 is 0. The van der Waals surface area contributed by atoms with Crippen molar-refractivity contribution >= 4 is 29.9 Å². The van der Waals surface area contributed by atoms with Gasteiger partial charge in [-0.2, -0.15) is 0 Å². The van der Waals surface area contributed by atoms with E-state index in [1.54, 1.807) is 6.08 Å². The van der Waals surface area contributed by atoms with Crippen LogP contribution in [0, 0.1) is 20.2 Å². The van der Waals surface area contributed by atoms with Gasteiger partial charge in [-0.05, 0) is 29.3 Å². The van der Waals surface area contributed by atoms with Crippen LogP contribution in [0.2, 0.25) is 0 Å². The molecule has 0 fully saturated rings. The van der Waals surface area contributed by atoms with Crippen molar-refractivity contribution in [2.45, 2.75) is 12.1 Å². The second-order valence-corrected chi connectivity index (χ2v) is 9.43. The number of nitro benzene ring substituents is 2. The Balaban J connectivity index is 1.79. The van der Waals surface area contributed by atoms with Crippen LogP contribution < -0.4 is 18.9 Å². The highest BCUT2D eigenvalue weighted by molar-refractivity contribution is 5.89. The molecule has 44 heavy (non-hydrogen) atoms. The molecule has 0 heterocycles. The molecular weight excluding hydrogens is 568 g/mol. The molecule has 4 rings (SSSR count). The van der Waals surface area contributed by atoms with E-state index in [0.29, 0.717) is 0 Å². The Morgan fingerprint density at radius 3 is 1.61 bits per heavy atom. The molecule has 0 aliphatic heterocycles. The standard InChI is InChI=1S/C32H30N4O8/c1-41-28-16-24(26(35(37)38)18-30(28)43-3)20-33-32(14-12-23(13-15-32)11-10-22-8-6-5-7-9-22)34-21-25-17-29(42-2)31(44-4)19-27(25)36(39)40/h5-14,16-21H,15H2,1-4H3. The summed E-state index contributed by atoms with van der Waals surface area (Å²) in [5.41, 5.74) is 0.454. The molecule has 0 amide bonds. The van der Waals surface area contributed by atoms with E-state index in [1.807, 2.05) is 54.6 Å². The molecular formula is C32H30N4O8. The number of hydrogen-bond donors (Lipinski definition) is 0. The minimum Gasteiger partial charge on any atom is -0.493 e. The largest absolute Gasteiger partial charge is 0.493 e. The monoisotopic (exact) mass is 598 g/mol. The maximum Gasteiger partial charge on any atom is 0.282 e. The average molecular weight is 599 g/mol. The molecule has 12 nitrogen and oxygen atoms in total. The van der Waals surface area contributed by atoms with Gasteiger partial charge in [-0.25, -0.2) is 0 Å². The molecule has 0 N–H and O–H groups in total. The van der Waals surface area contributed by atoms with Crippen molar-refractivity contribution in [2.75, 3.05) is 28.4 Å². The van der Waals surface area contributed by atoms with E-state index in [0.717, 1.165) is 11.1 Å². The van der Waals surface area contributed by atoms with Gasteiger partial charge in [0.05, 0.1) is 61.5 Å². The fourth-order valence-corrected chi connectivity index (χ4v) is 4.39. The van der Waals surface area contributed by atoms with Gasteiger partial charge >= 0.3 is 0 Å². The zero-order valence-corrected chi connectivity index (χ0v) is 24.5. The quantitative estimate of drug-likeness (QED) is 0.133. The Hall–Kier alpha value is -5.78. The van der Waals surface area contributed by atoms with Crippen molar-refractivity contribution in [1.29, 1.82) is 0 Å². The van der Waals surface area contributed by atoms with Crippen LogP contribution in [0.5, 0.6) is 23.0 Å². The fourth-order valence-electron chi connectivity index (χ4n) is 4.39.